The largest absolute Gasteiger partial charge is 0.351 e. The molecule has 1 aliphatic carbocycles. The summed E-state index contributed by atoms with van der Waals surface area (Å²) in [4.78, 5) is 17.6. The van der Waals surface area contributed by atoms with Gasteiger partial charge < -0.3 is 5.32 Å². The Morgan fingerprint density at radius 1 is 1.41 bits per heavy atom. The van der Waals surface area contributed by atoms with Gasteiger partial charge in [0.2, 0.25) is 0 Å². The Morgan fingerprint density at radius 2 is 2.09 bits per heavy atom. The first-order valence-corrected chi connectivity index (χ1v) is 8.95. The van der Waals surface area contributed by atoms with Crippen LogP contribution in [0.25, 0.3) is 0 Å². The first kappa shape index (κ1) is 17.0. The van der Waals surface area contributed by atoms with Crippen molar-refractivity contribution in [3.05, 3.63) is 15.6 Å². The molecule has 1 N–H and O–H groups in total. The van der Waals surface area contributed by atoms with E-state index in [1.807, 2.05) is 6.92 Å². The van der Waals surface area contributed by atoms with Crippen LogP contribution in [0, 0.1) is 36.0 Å². The van der Waals surface area contributed by atoms with Crippen molar-refractivity contribution in [2.24, 2.45) is 17.8 Å². The van der Waals surface area contributed by atoms with Crippen molar-refractivity contribution in [1.82, 2.24) is 10.3 Å². The van der Waals surface area contributed by atoms with Crippen molar-refractivity contribution in [2.75, 3.05) is 6.54 Å². The van der Waals surface area contributed by atoms with Gasteiger partial charge in [0, 0.05) is 18.9 Å². The highest BCUT2D eigenvalue weighted by molar-refractivity contribution is 7.13. The van der Waals surface area contributed by atoms with Crippen molar-refractivity contribution < 1.29 is 4.79 Å². The fourth-order valence-corrected chi connectivity index (χ4v) is 4.11. The summed E-state index contributed by atoms with van der Waals surface area (Å²) >= 11 is 1.52. The molecule has 22 heavy (non-hydrogen) atoms. The molecule has 1 saturated carbocycles. The molecule has 5 heteroatoms. The zero-order valence-corrected chi connectivity index (χ0v) is 14.5. The van der Waals surface area contributed by atoms with Gasteiger partial charge in [-0.05, 0) is 44.4 Å². The minimum absolute atomic E-state index is 0.00686. The number of nitriles is 1. The Balaban J connectivity index is 1.85. The standard InChI is InChI=1S/C17H25N3OS/c1-11(2)8-15-20-12(3)16(22-15)17(21)19-10-14-6-4-13(9-18)5-7-14/h11,13-14H,4-8,10H2,1-3H3,(H,19,21). The number of carbonyl (C=O) groups is 1. The molecule has 1 aromatic heterocycles. The van der Waals surface area contributed by atoms with E-state index in [-0.39, 0.29) is 11.8 Å². The molecule has 0 atom stereocenters. The molecule has 1 aliphatic rings. The van der Waals surface area contributed by atoms with Crippen molar-refractivity contribution >= 4 is 17.2 Å². The van der Waals surface area contributed by atoms with Gasteiger partial charge in [0.1, 0.15) is 4.88 Å². The van der Waals surface area contributed by atoms with Crippen LogP contribution in [0.4, 0.5) is 0 Å². The van der Waals surface area contributed by atoms with Gasteiger partial charge in [-0.25, -0.2) is 4.98 Å². The van der Waals surface area contributed by atoms with E-state index in [0.717, 1.165) is 47.7 Å². The van der Waals surface area contributed by atoms with Gasteiger partial charge in [0.05, 0.1) is 16.8 Å². The maximum Gasteiger partial charge on any atom is 0.263 e. The lowest BCUT2D eigenvalue weighted by Gasteiger charge is -2.24. The molecular formula is C17H25N3OS. The van der Waals surface area contributed by atoms with Gasteiger partial charge in [0.15, 0.2) is 0 Å². The summed E-state index contributed by atoms with van der Waals surface area (Å²) in [6, 6.07) is 2.35. The number of aromatic nitrogens is 1. The van der Waals surface area contributed by atoms with Crippen molar-refractivity contribution in [2.45, 2.75) is 52.9 Å². The van der Waals surface area contributed by atoms with Gasteiger partial charge in [-0.3, -0.25) is 4.79 Å². The fraction of sp³-hybridized carbons (Fsp3) is 0.706. The number of thiazole rings is 1. The Bertz CT molecular complexity index is 551. The van der Waals surface area contributed by atoms with Crippen LogP contribution in [0.3, 0.4) is 0 Å². The first-order valence-electron chi connectivity index (χ1n) is 8.13. The number of rotatable bonds is 5. The van der Waals surface area contributed by atoms with E-state index in [1.54, 1.807) is 0 Å². The quantitative estimate of drug-likeness (QED) is 0.899. The van der Waals surface area contributed by atoms with Crippen LogP contribution in [-0.4, -0.2) is 17.4 Å². The van der Waals surface area contributed by atoms with Crippen LogP contribution in [0.1, 0.15) is 59.9 Å². The molecule has 1 fully saturated rings. The summed E-state index contributed by atoms with van der Waals surface area (Å²) in [5, 5.41) is 13.0. The molecule has 0 radical (unpaired) electrons. The summed E-state index contributed by atoms with van der Waals surface area (Å²) in [6.07, 6.45) is 4.94. The molecule has 0 saturated heterocycles. The highest BCUT2D eigenvalue weighted by atomic mass is 32.1. The maximum atomic E-state index is 12.3. The predicted octanol–water partition coefficient (Wildman–Crippen LogP) is 3.71. The molecule has 0 spiro atoms. The predicted molar refractivity (Wildman–Crippen MR) is 88.8 cm³/mol. The van der Waals surface area contributed by atoms with Crippen LogP contribution < -0.4 is 5.32 Å². The zero-order valence-electron chi connectivity index (χ0n) is 13.7. The van der Waals surface area contributed by atoms with E-state index >= 15 is 0 Å². The van der Waals surface area contributed by atoms with Gasteiger partial charge in [-0.2, -0.15) is 5.26 Å². The summed E-state index contributed by atoms with van der Waals surface area (Å²) < 4.78 is 0. The lowest BCUT2D eigenvalue weighted by molar-refractivity contribution is 0.0946. The molecule has 1 amide bonds. The molecule has 1 aromatic rings. The number of hydrogen-bond donors (Lipinski definition) is 1. The molecule has 0 aromatic carbocycles. The smallest absolute Gasteiger partial charge is 0.263 e. The normalized spacial score (nSPS) is 21.6. The lowest BCUT2D eigenvalue weighted by Crippen LogP contribution is -2.31. The second-order valence-corrected chi connectivity index (χ2v) is 7.76. The van der Waals surface area contributed by atoms with E-state index in [2.05, 4.69) is 30.2 Å². The van der Waals surface area contributed by atoms with Crippen LogP contribution in [0.2, 0.25) is 0 Å². The minimum atomic E-state index is 0.00686. The number of carbonyl (C=O) groups excluding carboxylic acids is 1. The van der Waals surface area contributed by atoms with Crippen LogP contribution in [0.15, 0.2) is 0 Å². The summed E-state index contributed by atoms with van der Waals surface area (Å²) in [6.45, 7) is 6.95. The third kappa shape index (κ3) is 4.54. The highest BCUT2D eigenvalue weighted by Crippen LogP contribution is 2.28. The van der Waals surface area contributed by atoms with Crippen LogP contribution in [-0.2, 0) is 6.42 Å². The van der Waals surface area contributed by atoms with Gasteiger partial charge in [-0.1, -0.05) is 13.8 Å². The third-order valence-electron chi connectivity index (χ3n) is 4.21. The number of hydrogen-bond acceptors (Lipinski definition) is 4. The second-order valence-electron chi connectivity index (χ2n) is 6.68. The van der Waals surface area contributed by atoms with Crippen molar-refractivity contribution in [1.29, 1.82) is 5.26 Å². The molecule has 4 nitrogen and oxygen atoms in total. The molecule has 0 bridgehead atoms. The van der Waals surface area contributed by atoms with Crippen molar-refractivity contribution in [3.63, 3.8) is 0 Å². The summed E-state index contributed by atoms with van der Waals surface area (Å²) in [5.74, 6) is 1.29. The second kappa shape index (κ2) is 7.73. The minimum Gasteiger partial charge on any atom is -0.351 e. The molecule has 1 heterocycles. The number of nitrogens with one attached hydrogen (secondary N) is 1. The number of amides is 1. The molecule has 120 valence electrons. The lowest BCUT2D eigenvalue weighted by atomic mass is 9.83. The van der Waals surface area contributed by atoms with E-state index in [4.69, 9.17) is 5.26 Å². The SMILES string of the molecule is Cc1nc(CC(C)C)sc1C(=O)NCC1CCC(C#N)CC1. The Morgan fingerprint density at radius 3 is 2.68 bits per heavy atom. The van der Waals surface area contributed by atoms with E-state index in [9.17, 15) is 4.79 Å². The highest BCUT2D eigenvalue weighted by Gasteiger charge is 2.22. The molecular weight excluding hydrogens is 294 g/mol. The van der Waals surface area contributed by atoms with Crippen LogP contribution >= 0.6 is 11.3 Å². The van der Waals surface area contributed by atoms with Gasteiger partial charge >= 0.3 is 0 Å². The Hall–Kier alpha value is -1.41. The van der Waals surface area contributed by atoms with Gasteiger partial charge in [0.25, 0.3) is 5.91 Å². The monoisotopic (exact) mass is 319 g/mol. The summed E-state index contributed by atoms with van der Waals surface area (Å²) in [7, 11) is 0. The zero-order chi connectivity index (χ0) is 16.1. The molecule has 0 aliphatic heterocycles. The Kier molecular flexibility index (Phi) is 5.96. The average molecular weight is 319 g/mol. The topological polar surface area (TPSA) is 65.8 Å². The maximum absolute atomic E-state index is 12.3. The number of aryl methyl sites for hydroxylation is 1. The Labute approximate surface area is 136 Å². The molecule has 0 unspecified atom stereocenters. The number of nitrogens with zero attached hydrogens (tertiary/aromatic N) is 2. The van der Waals surface area contributed by atoms with Crippen LogP contribution in [0.5, 0.6) is 0 Å². The molecule has 2 rings (SSSR count). The third-order valence-corrected chi connectivity index (χ3v) is 5.39. The van der Waals surface area contributed by atoms with Gasteiger partial charge in [-0.15, -0.1) is 11.3 Å². The first-order chi connectivity index (χ1) is 10.5. The average Bonchev–Trinajstić information content (AvgIpc) is 2.85. The van der Waals surface area contributed by atoms with E-state index in [1.165, 1.54) is 11.3 Å². The van der Waals surface area contributed by atoms with Crippen molar-refractivity contribution in [3.8, 4) is 6.07 Å². The summed E-state index contributed by atoms with van der Waals surface area (Å²) in [5.41, 5.74) is 0.839. The fourth-order valence-electron chi connectivity index (χ4n) is 2.91. The van der Waals surface area contributed by atoms with E-state index < -0.39 is 0 Å². The van der Waals surface area contributed by atoms with E-state index in [0.29, 0.717) is 18.4 Å².